The molecule has 0 saturated carbocycles. The van der Waals surface area contributed by atoms with Gasteiger partial charge in [-0.2, -0.15) is 0 Å². The summed E-state index contributed by atoms with van der Waals surface area (Å²) in [7, 11) is 0. The van der Waals surface area contributed by atoms with Gasteiger partial charge in [0.15, 0.2) is 0 Å². The van der Waals surface area contributed by atoms with Crippen LogP contribution in [0.3, 0.4) is 0 Å². The summed E-state index contributed by atoms with van der Waals surface area (Å²) in [5.41, 5.74) is 0.810. The second kappa shape index (κ2) is 5.04. The Morgan fingerprint density at radius 3 is 3.08 bits per heavy atom. The van der Waals surface area contributed by atoms with Gasteiger partial charge in [0.1, 0.15) is 18.5 Å². The molecule has 0 spiro atoms. The Balaban J connectivity index is 2.50. The molecule has 0 saturated heterocycles. The van der Waals surface area contributed by atoms with Crippen molar-refractivity contribution in [2.75, 3.05) is 12.5 Å². The van der Waals surface area contributed by atoms with E-state index in [0.717, 1.165) is 5.69 Å². The van der Waals surface area contributed by atoms with Gasteiger partial charge in [-0.25, -0.2) is 0 Å². The van der Waals surface area contributed by atoms with Crippen molar-refractivity contribution < 1.29 is 9.84 Å². The second-order valence-corrected chi connectivity index (χ2v) is 3.01. The fraction of sp³-hybridized carbons (Fsp3) is 0.444. The molecule has 0 aliphatic heterocycles. The van der Waals surface area contributed by atoms with Gasteiger partial charge in [0.25, 0.3) is 0 Å². The van der Waals surface area contributed by atoms with Gasteiger partial charge < -0.3 is 9.84 Å². The highest BCUT2D eigenvalue weighted by Crippen LogP contribution is 2.13. The summed E-state index contributed by atoms with van der Waals surface area (Å²) >= 11 is 5.41. The smallest absolute Gasteiger partial charge is 0.140 e. The molecule has 0 aliphatic carbocycles. The van der Waals surface area contributed by atoms with Gasteiger partial charge in [-0.05, 0) is 19.1 Å². The average Bonchev–Trinajstić information content (AvgIpc) is 2.16. The van der Waals surface area contributed by atoms with Crippen LogP contribution < -0.4 is 4.74 Å². The van der Waals surface area contributed by atoms with E-state index in [9.17, 15) is 0 Å². The number of alkyl halides is 1. The van der Waals surface area contributed by atoms with Crippen LogP contribution in [0.5, 0.6) is 5.75 Å². The lowest BCUT2D eigenvalue weighted by Gasteiger charge is -2.10. The monoisotopic (exact) mass is 201 g/mol. The molecule has 0 fully saturated rings. The maximum atomic E-state index is 9.13. The van der Waals surface area contributed by atoms with Crippen molar-refractivity contribution in [2.45, 2.75) is 13.0 Å². The topological polar surface area (TPSA) is 42.4 Å². The van der Waals surface area contributed by atoms with Crippen LogP contribution in [0.2, 0.25) is 0 Å². The predicted molar refractivity (Wildman–Crippen MR) is 51.2 cm³/mol. The van der Waals surface area contributed by atoms with E-state index in [1.54, 1.807) is 12.3 Å². The third-order valence-electron chi connectivity index (χ3n) is 1.57. The van der Waals surface area contributed by atoms with Crippen molar-refractivity contribution in [3.8, 4) is 5.75 Å². The van der Waals surface area contributed by atoms with Crippen molar-refractivity contribution in [3.05, 3.63) is 24.0 Å². The number of pyridine rings is 1. The first-order valence-electron chi connectivity index (χ1n) is 4.02. The van der Waals surface area contributed by atoms with Crippen LogP contribution in [0.4, 0.5) is 0 Å². The Bertz CT molecular complexity index is 268. The van der Waals surface area contributed by atoms with Gasteiger partial charge in [-0.15, -0.1) is 11.6 Å². The van der Waals surface area contributed by atoms with Crippen LogP contribution in [-0.2, 0) is 0 Å². The largest absolute Gasteiger partial charge is 0.489 e. The van der Waals surface area contributed by atoms with Crippen LogP contribution in [0.15, 0.2) is 18.3 Å². The van der Waals surface area contributed by atoms with Crippen molar-refractivity contribution in [3.63, 3.8) is 0 Å². The minimum atomic E-state index is -0.624. The number of nitrogens with zero attached hydrogens (tertiary/aromatic N) is 1. The molecule has 0 aromatic carbocycles. The zero-order valence-corrected chi connectivity index (χ0v) is 8.16. The lowest BCUT2D eigenvalue weighted by molar-refractivity contribution is 0.124. The van der Waals surface area contributed by atoms with Crippen LogP contribution in [0.25, 0.3) is 0 Å². The molecule has 1 rings (SSSR count). The average molecular weight is 202 g/mol. The molecule has 13 heavy (non-hydrogen) atoms. The Hall–Kier alpha value is -0.800. The lowest BCUT2D eigenvalue weighted by atomic mass is 10.3. The Morgan fingerprint density at radius 2 is 2.46 bits per heavy atom. The first-order chi connectivity index (χ1) is 6.24. The van der Waals surface area contributed by atoms with Crippen molar-refractivity contribution in [1.82, 2.24) is 4.98 Å². The fourth-order valence-electron chi connectivity index (χ4n) is 0.853. The van der Waals surface area contributed by atoms with Crippen LogP contribution in [0, 0.1) is 6.92 Å². The standard InChI is InChI=1S/C9H12ClNO2/c1-7-9(3-2-4-11-7)13-6-8(12)5-10/h2-4,8,12H,5-6H2,1H3. The highest BCUT2D eigenvalue weighted by Gasteiger charge is 2.04. The maximum absolute atomic E-state index is 9.13. The van der Waals surface area contributed by atoms with Gasteiger partial charge >= 0.3 is 0 Å². The third-order valence-corrected chi connectivity index (χ3v) is 1.92. The predicted octanol–water partition coefficient (Wildman–Crippen LogP) is 1.37. The number of aliphatic hydroxyl groups excluding tert-OH is 1. The molecular formula is C9H12ClNO2. The van der Waals surface area contributed by atoms with E-state index >= 15 is 0 Å². The molecule has 1 N–H and O–H groups in total. The number of aromatic nitrogens is 1. The molecular weight excluding hydrogens is 190 g/mol. The van der Waals surface area contributed by atoms with E-state index in [-0.39, 0.29) is 12.5 Å². The molecule has 0 bridgehead atoms. The summed E-state index contributed by atoms with van der Waals surface area (Å²) in [5.74, 6) is 0.867. The van der Waals surface area contributed by atoms with Crippen molar-refractivity contribution in [2.24, 2.45) is 0 Å². The fourth-order valence-corrected chi connectivity index (χ4v) is 0.942. The Labute approximate surface area is 82.3 Å². The molecule has 1 aromatic heterocycles. The minimum absolute atomic E-state index is 0.180. The molecule has 0 radical (unpaired) electrons. The Kier molecular flexibility index (Phi) is 3.99. The van der Waals surface area contributed by atoms with E-state index in [1.807, 2.05) is 13.0 Å². The molecule has 1 atom stereocenters. The summed E-state index contributed by atoms with van der Waals surface area (Å²) in [6.45, 7) is 2.05. The first kappa shape index (κ1) is 10.3. The lowest BCUT2D eigenvalue weighted by Crippen LogP contribution is -2.19. The van der Waals surface area contributed by atoms with Gasteiger partial charge in [0.2, 0.25) is 0 Å². The number of aliphatic hydroxyl groups is 1. The summed E-state index contributed by atoms with van der Waals surface area (Å²) in [4.78, 5) is 4.04. The SMILES string of the molecule is Cc1ncccc1OCC(O)CCl. The molecule has 1 unspecified atom stereocenters. The minimum Gasteiger partial charge on any atom is -0.489 e. The number of rotatable bonds is 4. The second-order valence-electron chi connectivity index (χ2n) is 2.71. The van der Waals surface area contributed by atoms with Crippen molar-refractivity contribution in [1.29, 1.82) is 0 Å². The van der Waals surface area contributed by atoms with Gasteiger partial charge in [0, 0.05) is 6.20 Å². The molecule has 72 valence electrons. The third kappa shape index (κ3) is 3.20. The first-order valence-corrected chi connectivity index (χ1v) is 4.56. The quantitative estimate of drug-likeness (QED) is 0.749. The summed E-state index contributed by atoms with van der Waals surface area (Å²) < 4.78 is 5.29. The molecule has 1 aromatic rings. The van der Waals surface area contributed by atoms with Gasteiger partial charge in [-0.1, -0.05) is 0 Å². The normalized spacial score (nSPS) is 12.5. The zero-order valence-electron chi connectivity index (χ0n) is 7.40. The van der Waals surface area contributed by atoms with Gasteiger partial charge in [-0.3, -0.25) is 4.98 Å². The number of halogens is 1. The van der Waals surface area contributed by atoms with E-state index in [4.69, 9.17) is 21.4 Å². The summed E-state index contributed by atoms with van der Waals surface area (Å²) in [5, 5.41) is 9.13. The number of aryl methyl sites for hydroxylation is 1. The van der Waals surface area contributed by atoms with Gasteiger partial charge in [0.05, 0.1) is 11.6 Å². The highest BCUT2D eigenvalue weighted by atomic mass is 35.5. The maximum Gasteiger partial charge on any atom is 0.140 e. The van der Waals surface area contributed by atoms with Crippen molar-refractivity contribution >= 4 is 11.6 Å². The molecule has 3 nitrogen and oxygen atoms in total. The van der Waals surface area contributed by atoms with Crippen LogP contribution in [0.1, 0.15) is 5.69 Å². The van der Waals surface area contributed by atoms with E-state index in [0.29, 0.717) is 5.75 Å². The van der Waals surface area contributed by atoms with E-state index < -0.39 is 6.10 Å². The molecule has 4 heteroatoms. The molecule has 1 heterocycles. The highest BCUT2D eigenvalue weighted by molar-refractivity contribution is 6.18. The number of ether oxygens (including phenoxy) is 1. The molecule has 0 aliphatic rings. The van der Waals surface area contributed by atoms with E-state index in [2.05, 4.69) is 4.98 Å². The van der Waals surface area contributed by atoms with Crippen LogP contribution in [-0.4, -0.2) is 28.7 Å². The van der Waals surface area contributed by atoms with Crippen LogP contribution >= 0.6 is 11.6 Å². The molecule has 0 amide bonds. The number of hydrogen-bond acceptors (Lipinski definition) is 3. The zero-order chi connectivity index (χ0) is 9.68. The number of hydrogen-bond donors (Lipinski definition) is 1. The Morgan fingerprint density at radius 1 is 1.69 bits per heavy atom. The van der Waals surface area contributed by atoms with E-state index in [1.165, 1.54) is 0 Å². The summed E-state index contributed by atoms with van der Waals surface area (Å²) in [6.07, 6.45) is 1.07. The summed E-state index contributed by atoms with van der Waals surface area (Å²) in [6, 6.07) is 3.60.